The average molecular weight is 353 g/mol. The van der Waals surface area contributed by atoms with Gasteiger partial charge in [0.25, 0.3) is 5.91 Å². The number of benzene rings is 2. The molecule has 4 nitrogen and oxygen atoms in total. The lowest BCUT2D eigenvalue weighted by Crippen LogP contribution is -2.37. The van der Waals surface area contributed by atoms with Crippen LogP contribution in [0.25, 0.3) is 0 Å². The van der Waals surface area contributed by atoms with Gasteiger partial charge in [0, 0.05) is 19.2 Å². The van der Waals surface area contributed by atoms with Gasteiger partial charge in [-0.3, -0.25) is 4.79 Å². The van der Waals surface area contributed by atoms with E-state index in [4.69, 9.17) is 9.47 Å². The normalized spacial score (nSPS) is 14.3. The maximum absolute atomic E-state index is 12.7. The molecule has 1 atom stereocenters. The van der Waals surface area contributed by atoms with E-state index >= 15 is 0 Å². The number of methoxy groups -OCH3 is 1. The van der Waals surface area contributed by atoms with E-state index in [9.17, 15) is 4.79 Å². The highest BCUT2D eigenvalue weighted by Crippen LogP contribution is 2.26. The summed E-state index contributed by atoms with van der Waals surface area (Å²) >= 11 is 0. The van der Waals surface area contributed by atoms with Gasteiger partial charge in [-0.15, -0.1) is 0 Å². The Hall–Kier alpha value is -2.49. The van der Waals surface area contributed by atoms with Crippen LogP contribution in [0.5, 0.6) is 11.5 Å². The van der Waals surface area contributed by atoms with Crippen molar-refractivity contribution in [3.05, 3.63) is 59.2 Å². The second-order valence-corrected chi connectivity index (χ2v) is 6.90. The zero-order valence-electron chi connectivity index (χ0n) is 15.8. The molecule has 0 aromatic heterocycles. The van der Waals surface area contributed by atoms with Gasteiger partial charge in [-0.2, -0.15) is 0 Å². The first-order valence-electron chi connectivity index (χ1n) is 9.24. The third-order valence-corrected chi connectivity index (χ3v) is 4.96. The molecule has 1 aliphatic rings. The van der Waals surface area contributed by atoms with Crippen molar-refractivity contribution in [2.75, 3.05) is 14.2 Å². The van der Waals surface area contributed by atoms with Gasteiger partial charge >= 0.3 is 0 Å². The summed E-state index contributed by atoms with van der Waals surface area (Å²) in [5.41, 5.74) is 3.75. The average Bonchev–Trinajstić information content (AvgIpc) is 2.67. The molecular weight excluding hydrogens is 326 g/mol. The first-order valence-corrected chi connectivity index (χ1v) is 9.24. The van der Waals surface area contributed by atoms with Crippen LogP contribution >= 0.6 is 0 Å². The number of carbonyl (C=O) groups excluding carboxylic acids is 1. The smallest absolute Gasteiger partial charge is 0.263 e. The molecule has 0 aliphatic heterocycles. The zero-order valence-corrected chi connectivity index (χ0v) is 15.8. The van der Waals surface area contributed by atoms with E-state index in [1.54, 1.807) is 26.0 Å². The molecule has 4 heteroatoms. The molecule has 0 N–H and O–H groups in total. The minimum absolute atomic E-state index is 0.0476. The summed E-state index contributed by atoms with van der Waals surface area (Å²) in [7, 11) is 3.43. The number of hydrogen-bond acceptors (Lipinski definition) is 3. The molecule has 138 valence electrons. The monoisotopic (exact) mass is 353 g/mol. The van der Waals surface area contributed by atoms with Gasteiger partial charge in [-0.05, 0) is 61.9 Å². The third-order valence-electron chi connectivity index (χ3n) is 4.96. The van der Waals surface area contributed by atoms with Crippen LogP contribution in [-0.4, -0.2) is 31.1 Å². The van der Waals surface area contributed by atoms with Gasteiger partial charge < -0.3 is 14.4 Å². The SMILES string of the molecule is COc1ccccc1CN(C)C(=O)C(C)Oc1ccc2c(c1)CCCC2. The fourth-order valence-electron chi connectivity index (χ4n) is 3.52. The maximum Gasteiger partial charge on any atom is 0.263 e. The largest absolute Gasteiger partial charge is 0.496 e. The molecule has 3 rings (SSSR count). The lowest BCUT2D eigenvalue weighted by atomic mass is 9.92. The lowest BCUT2D eigenvalue weighted by Gasteiger charge is -2.24. The van der Waals surface area contributed by atoms with Crippen molar-refractivity contribution < 1.29 is 14.3 Å². The molecule has 26 heavy (non-hydrogen) atoms. The fourth-order valence-corrected chi connectivity index (χ4v) is 3.52. The van der Waals surface area contributed by atoms with E-state index < -0.39 is 6.10 Å². The number of para-hydroxylation sites is 1. The molecule has 0 heterocycles. The fraction of sp³-hybridized carbons (Fsp3) is 0.409. The van der Waals surface area contributed by atoms with Gasteiger partial charge in [-0.25, -0.2) is 0 Å². The number of ether oxygens (including phenoxy) is 2. The van der Waals surface area contributed by atoms with Crippen molar-refractivity contribution >= 4 is 5.91 Å². The molecule has 1 unspecified atom stereocenters. The molecule has 0 bridgehead atoms. The van der Waals surface area contributed by atoms with Crippen LogP contribution in [-0.2, 0) is 24.2 Å². The standard InChI is InChI=1S/C22H27NO3/c1-16(26-20-13-12-17-8-4-5-9-18(17)14-20)22(24)23(2)15-19-10-6-7-11-21(19)25-3/h6-7,10-14,16H,4-5,8-9,15H2,1-3H3. The van der Waals surface area contributed by atoms with Crippen LogP contribution in [0.2, 0.25) is 0 Å². The Kier molecular flexibility index (Phi) is 5.82. The first kappa shape index (κ1) is 18.3. The van der Waals surface area contributed by atoms with Crippen molar-refractivity contribution in [1.29, 1.82) is 0 Å². The summed E-state index contributed by atoms with van der Waals surface area (Å²) in [4.78, 5) is 14.4. The van der Waals surface area contributed by atoms with Crippen molar-refractivity contribution in [3.8, 4) is 11.5 Å². The van der Waals surface area contributed by atoms with Gasteiger partial charge in [0.1, 0.15) is 11.5 Å². The summed E-state index contributed by atoms with van der Waals surface area (Å²) in [5.74, 6) is 1.52. The van der Waals surface area contributed by atoms with E-state index in [2.05, 4.69) is 12.1 Å². The molecule has 0 radical (unpaired) electrons. The van der Waals surface area contributed by atoms with E-state index in [1.807, 2.05) is 30.3 Å². The Labute approximate surface area is 155 Å². The minimum atomic E-state index is -0.531. The van der Waals surface area contributed by atoms with Crippen LogP contribution < -0.4 is 9.47 Å². The van der Waals surface area contributed by atoms with Gasteiger partial charge in [-0.1, -0.05) is 24.3 Å². The molecule has 2 aromatic rings. The molecule has 1 aliphatic carbocycles. The van der Waals surface area contributed by atoms with Crippen LogP contribution in [0.4, 0.5) is 0 Å². The zero-order chi connectivity index (χ0) is 18.5. The van der Waals surface area contributed by atoms with Gasteiger partial charge in [0.15, 0.2) is 6.10 Å². The van der Waals surface area contributed by atoms with Crippen LogP contribution in [0.3, 0.4) is 0 Å². The van der Waals surface area contributed by atoms with Crippen LogP contribution in [0, 0.1) is 0 Å². The van der Waals surface area contributed by atoms with Crippen molar-refractivity contribution in [2.24, 2.45) is 0 Å². The lowest BCUT2D eigenvalue weighted by molar-refractivity contribution is -0.137. The molecule has 2 aromatic carbocycles. The number of nitrogens with zero attached hydrogens (tertiary/aromatic N) is 1. The molecule has 0 spiro atoms. The quantitative estimate of drug-likeness (QED) is 0.788. The predicted molar refractivity (Wildman–Crippen MR) is 103 cm³/mol. The van der Waals surface area contributed by atoms with Crippen molar-refractivity contribution in [3.63, 3.8) is 0 Å². The Morgan fingerprint density at radius 3 is 2.62 bits per heavy atom. The van der Waals surface area contributed by atoms with Crippen LogP contribution in [0.1, 0.15) is 36.5 Å². The molecule has 0 saturated heterocycles. The molecule has 1 amide bonds. The predicted octanol–water partition coefficient (Wildman–Crippen LogP) is 4.00. The summed E-state index contributed by atoms with van der Waals surface area (Å²) in [6, 6.07) is 14.0. The maximum atomic E-state index is 12.7. The summed E-state index contributed by atoms with van der Waals surface area (Å²) in [6.07, 6.45) is 4.20. The number of aryl methyl sites for hydroxylation is 2. The van der Waals surface area contributed by atoms with E-state index in [1.165, 1.54) is 24.0 Å². The minimum Gasteiger partial charge on any atom is -0.496 e. The first-order chi connectivity index (χ1) is 12.6. The highest BCUT2D eigenvalue weighted by atomic mass is 16.5. The van der Waals surface area contributed by atoms with E-state index in [0.717, 1.165) is 29.9 Å². The second kappa shape index (κ2) is 8.26. The van der Waals surface area contributed by atoms with Crippen molar-refractivity contribution in [1.82, 2.24) is 4.90 Å². The molecule has 0 fully saturated rings. The number of likely N-dealkylation sites (N-methyl/N-ethyl adjacent to an activating group) is 1. The van der Waals surface area contributed by atoms with Crippen LogP contribution in [0.15, 0.2) is 42.5 Å². The Morgan fingerprint density at radius 1 is 1.12 bits per heavy atom. The number of hydrogen-bond donors (Lipinski definition) is 0. The molecular formula is C22H27NO3. The highest BCUT2D eigenvalue weighted by molar-refractivity contribution is 5.80. The van der Waals surface area contributed by atoms with E-state index in [0.29, 0.717) is 6.54 Å². The number of amides is 1. The topological polar surface area (TPSA) is 38.8 Å². The summed E-state index contributed by atoms with van der Waals surface area (Å²) in [5, 5.41) is 0. The third kappa shape index (κ3) is 4.18. The van der Waals surface area contributed by atoms with E-state index in [-0.39, 0.29) is 5.91 Å². The number of rotatable bonds is 6. The summed E-state index contributed by atoms with van der Waals surface area (Å²) < 4.78 is 11.3. The summed E-state index contributed by atoms with van der Waals surface area (Å²) in [6.45, 7) is 2.29. The Balaban J connectivity index is 1.63. The Morgan fingerprint density at radius 2 is 1.85 bits per heavy atom. The van der Waals surface area contributed by atoms with Gasteiger partial charge in [0.2, 0.25) is 0 Å². The Bertz CT molecular complexity index is 772. The van der Waals surface area contributed by atoms with Gasteiger partial charge in [0.05, 0.1) is 7.11 Å². The van der Waals surface area contributed by atoms with Crippen molar-refractivity contribution in [2.45, 2.75) is 45.3 Å². The number of fused-ring (bicyclic) bond motifs is 1. The molecule has 0 saturated carbocycles. The second-order valence-electron chi connectivity index (χ2n) is 6.90. The highest BCUT2D eigenvalue weighted by Gasteiger charge is 2.21. The number of carbonyl (C=O) groups is 1.